The molecule has 0 fully saturated rings. The number of amides is 1. The smallest absolute Gasteiger partial charge is 0.237 e. The van der Waals surface area contributed by atoms with E-state index in [1.807, 2.05) is 42.7 Å². The molecule has 1 N–H and O–H groups in total. The van der Waals surface area contributed by atoms with Crippen LogP contribution in [0.5, 0.6) is 5.75 Å². The van der Waals surface area contributed by atoms with Gasteiger partial charge in [-0.25, -0.2) is 0 Å². The lowest BCUT2D eigenvalue weighted by Crippen LogP contribution is -2.23. The molecule has 0 bridgehead atoms. The van der Waals surface area contributed by atoms with Gasteiger partial charge in [-0.15, -0.1) is 10.2 Å². The average Bonchev–Trinajstić information content (AvgIpc) is 3.37. The Kier molecular flexibility index (Phi) is 5.71. The van der Waals surface area contributed by atoms with Crippen LogP contribution in [0.15, 0.2) is 58.4 Å². The Hall–Kier alpha value is -3.33. The minimum absolute atomic E-state index is 0.131. The molecular weight excluding hydrogens is 402 g/mol. The van der Waals surface area contributed by atoms with Crippen LogP contribution in [0.3, 0.4) is 0 Å². The highest BCUT2D eigenvalue weighted by Gasteiger charge is 2.22. The van der Waals surface area contributed by atoms with Crippen molar-refractivity contribution in [2.75, 3.05) is 12.4 Å². The lowest BCUT2D eigenvalue weighted by molar-refractivity contribution is -0.115. The molecule has 0 radical (unpaired) electrons. The summed E-state index contributed by atoms with van der Waals surface area (Å²) >= 11 is 1.34. The van der Waals surface area contributed by atoms with Gasteiger partial charge in [-0.05, 0) is 38.1 Å². The Morgan fingerprint density at radius 1 is 1.30 bits per heavy atom. The topological polar surface area (TPSA) is 95.1 Å². The van der Waals surface area contributed by atoms with Crippen molar-refractivity contribution in [3.63, 3.8) is 0 Å². The van der Waals surface area contributed by atoms with Crippen LogP contribution < -0.4 is 10.1 Å². The van der Waals surface area contributed by atoms with Gasteiger partial charge in [-0.1, -0.05) is 23.9 Å². The Balaban J connectivity index is 1.57. The lowest BCUT2D eigenvalue weighted by atomic mass is 10.2. The van der Waals surface area contributed by atoms with Gasteiger partial charge in [-0.3, -0.25) is 14.3 Å². The third-order valence-electron chi connectivity index (χ3n) is 4.56. The first kappa shape index (κ1) is 20.0. The van der Waals surface area contributed by atoms with Gasteiger partial charge in [0.2, 0.25) is 11.7 Å². The van der Waals surface area contributed by atoms with Gasteiger partial charge in [-0.2, -0.15) is 0 Å². The van der Waals surface area contributed by atoms with E-state index in [0.29, 0.717) is 40.3 Å². The third-order valence-corrected chi connectivity index (χ3v) is 5.64. The summed E-state index contributed by atoms with van der Waals surface area (Å²) in [6.45, 7) is 4.47. The third kappa shape index (κ3) is 3.88. The predicted octanol–water partition coefficient (Wildman–Crippen LogP) is 4.23. The molecule has 0 saturated carbocycles. The Labute approximate surface area is 177 Å². The van der Waals surface area contributed by atoms with Crippen molar-refractivity contribution in [1.82, 2.24) is 19.7 Å². The molecule has 154 valence electrons. The summed E-state index contributed by atoms with van der Waals surface area (Å²) in [7, 11) is 1.61. The molecule has 1 atom stereocenters. The van der Waals surface area contributed by atoms with Crippen LogP contribution in [0.25, 0.3) is 22.6 Å². The highest BCUT2D eigenvalue weighted by atomic mass is 32.2. The van der Waals surface area contributed by atoms with Crippen LogP contribution in [0.2, 0.25) is 0 Å². The standard InChI is InChI=1S/C21H21N5O3S/c1-4-26-19(17-11-14-7-5-9-16(28-3)18(14)29-17)24-25-21(26)30-13(2)20(27)23-15-8-6-10-22-12-15/h5-13H,4H2,1-3H3,(H,23,27)/t13-/m0/s1. The number of rotatable bonds is 7. The van der Waals surface area contributed by atoms with E-state index >= 15 is 0 Å². The maximum absolute atomic E-state index is 12.5. The average molecular weight is 423 g/mol. The van der Waals surface area contributed by atoms with Crippen molar-refractivity contribution < 1.29 is 13.9 Å². The van der Waals surface area contributed by atoms with Crippen LogP contribution in [0.4, 0.5) is 5.69 Å². The van der Waals surface area contributed by atoms with E-state index in [2.05, 4.69) is 20.5 Å². The quantitative estimate of drug-likeness (QED) is 0.444. The van der Waals surface area contributed by atoms with Crippen molar-refractivity contribution >= 4 is 34.3 Å². The van der Waals surface area contributed by atoms with Crippen molar-refractivity contribution in [3.8, 4) is 17.3 Å². The number of pyridine rings is 1. The summed E-state index contributed by atoms with van der Waals surface area (Å²) in [5, 5.41) is 12.7. The van der Waals surface area contributed by atoms with Crippen molar-refractivity contribution in [1.29, 1.82) is 0 Å². The molecular formula is C21H21N5O3S. The molecule has 3 aromatic heterocycles. The van der Waals surface area contributed by atoms with Gasteiger partial charge in [0.25, 0.3) is 0 Å². The molecule has 4 aromatic rings. The molecule has 0 aliphatic rings. The van der Waals surface area contributed by atoms with E-state index in [0.717, 1.165) is 5.39 Å². The summed E-state index contributed by atoms with van der Waals surface area (Å²) in [5.74, 6) is 1.74. The van der Waals surface area contributed by atoms with Crippen LogP contribution >= 0.6 is 11.8 Å². The molecule has 1 aromatic carbocycles. The van der Waals surface area contributed by atoms with Gasteiger partial charge in [0.1, 0.15) is 0 Å². The largest absolute Gasteiger partial charge is 0.493 e. The molecule has 0 aliphatic heterocycles. The highest BCUT2D eigenvalue weighted by Crippen LogP contribution is 2.34. The molecule has 8 nitrogen and oxygen atoms in total. The molecule has 0 aliphatic carbocycles. The maximum atomic E-state index is 12.5. The van der Waals surface area contributed by atoms with E-state index in [9.17, 15) is 4.79 Å². The summed E-state index contributed by atoms with van der Waals surface area (Å²) in [6, 6.07) is 11.2. The number of furan rings is 1. The number of benzene rings is 1. The number of methoxy groups -OCH3 is 1. The zero-order valence-corrected chi connectivity index (χ0v) is 17.6. The van der Waals surface area contributed by atoms with Crippen molar-refractivity contribution in [2.24, 2.45) is 0 Å². The summed E-state index contributed by atoms with van der Waals surface area (Å²) in [4.78, 5) is 16.5. The predicted molar refractivity (Wildman–Crippen MR) is 116 cm³/mol. The number of hydrogen-bond donors (Lipinski definition) is 1. The molecule has 9 heteroatoms. The molecule has 0 spiro atoms. The lowest BCUT2D eigenvalue weighted by Gasteiger charge is -2.12. The first-order valence-electron chi connectivity index (χ1n) is 9.48. The number of ether oxygens (including phenoxy) is 1. The fourth-order valence-electron chi connectivity index (χ4n) is 3.04. The van der Waals surface area contributed by atoms with E-state index in [1.54, 1.807) is 31.6 Å². The number of fused-ring (bicyclic) bond motifs is 1. The summed E-state index contributed by atoms with van der Waals surface area (Å²) in [5.41, 5.74) is 1.32. The molecule has 0 unspecified atom stereocenters. The minimum Gasteiger partial charge on any atom is -0.493 e. The van der Waals surface area contributed by atoms with Gasteiger partial charge >= 0.3 is 0 Å². The van der Waals surface area contributed by atoms with Gasteiger partial charge < -0.3 is 14.5 Å². The normalized spacial score (nSPS) is 12.1. The number of carbonyl (C=O) groups excluding carboxylic acids is 1. The zero-order valence-electron chi connectivity index (χ0n) is 16.8. The number of aromatic nitrogens is 4. The zero-order chi connectivity index (χ0) is 21.1. The monoisotopic (exact) mass is 423 g/mol. The van der Waals surface area contributed by atoms with Gasteiger partial charge in [0, 0.05) is 18.1 Å². The number of anilines is 1. The maximum Gasteiger partial charge on any atom is 0.237 e. The van der Waals surface area contributed by atoms with Gasteiger partial charge in [0.15, 0.2) is 22.2 Å². The van der Waals surface area contributed by atoms with E-state index in [-0.39, 0.29) is 11.2 Å². The van der Waals surface area contributed by atoms with E-state index < -0.39 is 0 Å². The van der Waals surface area contributed by atoms with Crippen LogP contribution in [0.1, 0.15) is 13.8 Å². The summed E-state index contributed by atoms with van der Waals surface area (Å²) in [6.07, 6.45) is 3.27. The van der Waals surface area contributed by atoms with Crippen molar-refractivity contribution in [2.45, 2.75) is 30.8 Å². The molecule has 30 heavy (non-hydrogen) atoms. The fourth-order valence-corrected chi connectivity index (χ4v) is 3.96. The Morgan fingerprint density at radius 2 is 2.17 bits per heavy atom. The van der Waals surface area contributed by atoms with Crippen LogP contribution in [-0.2, 0) is 11.3 Å². The Morgan fingerprint density at radius 3 is 2.90 bits per heavy atom. The molecule has 3 heterocycles. The number of para-hydroxylation sites is 1. The second-order valence-corrected chi connectivity index (χ2v) is 7.84. The number of carbonyl (C=O) groups is 1. The van der Waals surface area contributed by atoms with Crippen LogP contribution in [0, 0.1) is 0 Å². The Bertz CT molecular complexity index is 1170. The van der Waals surface area contributed by atoms with Gasteiger partial charge in [0.05, 0.1) is 24.2 Å². The number of nitrogens with zero attached hydrogens (tertiary/aromatic N) is 4. The number of hydrogen-bond acceptors (Lipinski definition) is 7. The summed E-state index contributed by atoms with van der Waals surface area (Å²) < 4.78 is 13.3. The minimum atomic E-state index is -0.372. The van der Waals surface area contributed by atoms with Crippen LogP contribution in [-0.4, -0.2) is 38.0 Å². The first-order valence-corrected chi connectivity index (χ1v) is 10.4. The first-order chi connectivity index (χ1) is 14.6. The van der Waals surface area contributed by atoms with E-state index in [4.69, 9.17) is 9.15 Å². The molecule has 1 amide bonds. The highest BCUT2D eigenvalue weighted by molar-refractivity contribution is 8.00. The molecule has 0 saturated heterocycles. The SMILES string of the molecule is CCn1c(S[C@@H](C)C(=O)Nc2cccnc2)nnc1-c1cc2cccc(OC)c2o1. The second kappa shape index (κ2) is 8.58. The fraction of sp³-hybridized carbons (Fsp3) is 0.238. The van der Waals surface area contributed by atoms with Crippen molar-refractivity contribution in [3.05, 3.63) is 48.8 Å². The number of thioether (sulfide) groups is 1. The number of nitrogens with one attached hydrogen (secondary N) is 1. The second-order valence-electron chi connectivity index (χ2n) is 6.53. The van der Waals surface area contributed by atoms with E-state index in [1.165, 1.54) is 11.8 Å². The molecule has 4 rings (SSSR count).